The summed E-state index contributed by atoms with van der Waals surface area (Å²) in [5.41, 5.74) is 2.40. The van der Waals surface area contributed by atoms with Gasteiger partial charge in [-0.3, -0.25) is 5.10 Å². The van der Waals surface area contributed by atoms with Crippen LogP contribution in [-0.2, 0) is 13.0 Å². The number of urea groups is 1. The lowest BCUT2D eigenvalue weighted by Gasteiger charge is -2.22. The van der Waals surface area contributed by atoms with Crippen LogP contribution in [0, 0.1) is 5.82 Å². The Kier molecular flexibility index (Phi) is 6.41. The van der Waals surface area contributed by atoms with E-state index in [0.717, 1.165) is 20.9 Å². The number of hydrogen-bond acceptors (Lipinski definition) is 3. The number of H-pyrrole nitrogens is 1. The Balaban J connectivity index is 1.58. The number of aromatic nitrogens is 2. The van der Waals surface area contributed by atoms with Gasteiger partial charge in [-0.2, -0.15) is 5.10 Å². The van der Waals surface area contributed by atoms with Crippen molar-refractivity contribution in [3.05, 3.63) is 64.0 Å². The van der Waals surface area contributed by atoms with Crippen LogP contribution in [-0.4, -0.2) is 45.9 Å². The molecule has 0 spiro atoms. The molecule has 0 unspecified atom stereocenters. The molecule has 142 valence electrons. The Morgan fingerprint density at radius 3 is 2.96 bits per heavy atom. The average molecular weight is 435 g/mol. The van der Waals surface area contributed by atoms with E-state index in [0.29, 0.717) is 18.5 Å². The molecule has 3 aromatic rings. The first-order chi connectivity index (χ1) is 13.1. The summed E-state index contributed by atoms with van der Waals surface area (Å²) in [6.07, 6.45) is 2.41. The maximum atomic E-state index is 14.0. The minimum absolute atomic E-state index is 0.0811. The largest absolute Gasteiger partial charge is 0.395 e. The van der Waals surface area contributed by atoms with Gasteiger partial charge in [0.15, 0.2) is 0 Å². The van der Waals surface area contributed by atoms with Crippen molar-refractivity contribution in [2.24, 2.45) is 0 Å². The van der Waals surface area contributed by atoms with Crippen molar-refractivity contribution in [3.63, 3.8) is 0 Å². The van der Waals surface area contributed by atoms with E-state index in [2.05, 4.69) is 31.4 Å². The zero-order valence-electron chi connectivity index (χ0n) is 14.6. The molecule has 3 N–H and O–H groups in total. The minimum atomic E-state index is -0.387. The van der Waals surface area contributed by atoms with Gasteiger partial charge in [0.2, 0.25) is 0 Å². The van der Waals surface area contributed by atoms with Crippen molar-refractivity contribution in [1.82, 2.24) is 20.4 Å². The van der Waals surface area contributed by atoms with Gasteiger partial charge in [0.1, 0.15) is 5.82 Å². The Morgan fingerprint density at radius 1 is 1.30 bits per heavy atom. The SMILES string of the molecule is O=C(NCCc1ccc2cn[nH]c2c1)N(CCO)Cc1cc(Br)ccc1F. The number of rotatable bonds is 7. The molecule has 8 heteroatoms. The molecule has 0 saturated carbocycles. The van der Waals surface area contributed by atoms with Crippen LogP contribution in [0.1, 0.15) is 11.1 Å². The average Bonchev–Trinajstić information content (AvgIpc) is 3.12. The molecule has 0 bridgehead atoms. The fraction of sp³-hybridized carbons (Fsp3) is 0.263. The molecule has 0 fully saturated rings. The normalized spacial score (nSPS) is 10.9. The Hall–Kier alpha value is -2.45. The standard InChI is InChI=1S/C19H20BrFN4O2/c20-16-3-4-17(21)15(10-16)12-25(7-8-26)19(27)22-6-5-13-1-2-14-11-23-24-18(14)9-13/h1-4,9-11,26H,5-8,12H2,(H,22,27)(H,23,24). The zero-order chi connectivity index (χ0) is 19.2. The van der Waals surface area contributed by atoms with E-state index in [4.69, 9.17) is 0 Å². The number of carbonyl (C=O) groups is 1. The van der Waals surface area contributed by atoms with E-state index in [9.17, 15) is 14.3 Å². The highest BCUT2D eigenvalue weighted by atomic mass is 79.9. The van der Waals surface area contributed by atoms with Gasteiger partial charge >= 0.3 is 6.03 Å². The topological polar surface area (TPSA) is 81.2 Å². The van der Waals surface area contributed by atoms with Gasteiger partial charge in [-0.15, -0.1) is 0 Å². The highest BCUT2D eigenvalue weighted by molar-refractivity contribution is 9.10. The first kappa shape index (κ1) is 19.3. The summed E-state index contributed by atoms with van der Waals surface area (Å²) >= 11 is 3.30. The second-order valence-electron chi connectivity index (χ2n) is 6.15. The number of fused-ring (bicyclic) bond motifs is 1. The maximum absolute atomic E-state index is 14.0. The van der Waals surface area contributed by atoms with Gasteiger partial charge < -0.3 is 15.3 Å². The lowest BCUT2D eigenvalue weighted by molar-refractivity contribution is 0.173. The van der Waals surface area contributed by atoms with Gasteiger partial charge in [-0.1, -0.05) is 28.1 Å². The van der Waals surface area contributed by atoms with Gasteiger partial charge in [-0.05, 0) is 36.2 Å². The molecular weight excluding hydrogens is 415 g/mol. The third-order valence-corrected chi connectivity index (χ3v) is 4.72. The minimum Gasteiger partial charge on any atom is -0.395 e. The molecule has 0 aliphatic heterocycles. The van der Waals surface area contributed by atoms with Crippen molar-refractivity contribution < 1.29 is 14.3 Å². The number of nitrogens with one attached hydrogen (secondary N) is 2. The maximum Gasteiger partial charge on any atom is 0.317 e. The number of aromatic amines is 1. The van der Waals surface area contributed by atoms with Gasteiger partial charge in [-0.25, -0.2) is 9.18 Å². The molecular formula is C19H20BrFN4O2. The third kappa shape index (κ3) is 5.05. The summed E-state index contributed by atoms with van der Waals surface area (Å²) in [5.74, 6) is -0.387. The monoisotopic (exact) mass is 434 g/mol. The van der Waals surface area contributed by atoms with Crippen LogP contribution in [0.3, 0.4) is 0 Å². The van der Waals surface area contributed by atoms with Crippen LogP contribution in [0.4, 0.5) is 9.18 Å². The summed E-state index contributed by atoms with van der Waals surface area (Å²) < 4.78 is 14.7. The second-order valence-corrected chi connectivity index (χ2v) is 7.07. The Labute approximate surface area is 164 Å². The van der Waals surface area contributed by atoms with Crippen LogP contribution < -0.4 is 5.32 Å². The van der Waals surface area contributed by atoms with Crippen LogP contribution in [0.5, 0.6) is 0 Å². The highest BCUT2D eigenvalue weighted by Gasteiger charge is 2.15. The Morgan fingerprint density at radius 2 is 2.15 bits per heavy atom. The number of hydrogen-bond donors (Lipinski definition) is 3. The number of nitrogens with zero attached hydrogens (tertiary/aromatic N) is 2. The molecule has 0 aliphatic carbocycles. The molecule has 3 rings (SSSR count). The van der Waals surface area contributed by atoms with E-state index in [1.54, 1.807) is 18.3 Å². The van der Waals surface area contributed by atoms with Crippen molar-refractivity contribution in [3.8, 4) is 0 Å². The summed E-state index contributed by atoms with van der Waals surface area (Å²) in [7, 11) is 0. The molecule has 0 atom stereocenters. The van der Waals surface area contributed by atoms with E-state index in [-0.39, 0.29) is 31.5 Å². The predicted octanol–water partition coefficient (Wildman–Crippen LogP) is 3.21. The summed E-state index contributed by atoms with van der Waals surface area (Å²) in [6.45, 7) is 0.441. The van der Waals surface area contributed by atoms with Crippen molar-refractivity contribution in [2.45, 2.75) is 13.0 Å². The molecule has 0 radical (unpaired) electrons. The first-order valence-corrected chi connectivity index (χ1v) is 9.35. The number of benzene rings is 2. The van der Waals surface area contributed by atoms with E-state index in [1.165, 1.54) is 11.0 Å². The zero-order valence-corrected chi connectivity index (χ0v) is 16.2. The van der Waals surface area contributed by atoms with Crippen molar-refractivity contribution in [1.29, 1.82) is 0 Å². The lowest BCUT2D eigenvalue weighted by Crippen LogP contribution is -2.41. The number of amides is 2. The molecule has 6 nitrogen and oxygen atoms in total. The van der Waals surface area contributed by atoms with Crippen LogP contribution in [0.25, 0.3) is 10.9 Å². The molecule has 27 heavy (non-hydrogen) atoms. The van der Waals surface area contributed by atoms with Gasteiger partial charge in [0, 0.05) is 28.5 Å². The van der Waals surface area contributed by atoms with Crippen LogP contribution in [0.2, 0.25) is 0 Å². The number of aliphatic hydroxyl groups excluding tert-OH is 1. The smallest absolute Gasteiger partial charge is 0.317 e. The number of aliphatic hydroxyl groups is 1. The Bertz CT molecular complexity index is 931. The van der Waals surface area contributed by atoms with Crippen molar-refractivity contribution in [2.75, 3.05) is 19.7 Å². The summed E-state index contributed by atoms with van der Waals surface area (Å²) in [5, 5.41) is 20.0. The van der Waals surface area contributed by atoms with E-state index in [1.807, 2.05) is 18.2 Å². The fourth-order valence-corrected chi connectivity index (χ4v) is 3.22. The highest BCUT2D eigenvalue weighted by Crippen LogP contribution is 2.17. The molecule has 2 amide bonds. The molecule has 0 aliphatic rings. The molecule has 2 aromatic carbocycles. The van der Waals surface area contributed by atoms with E-state index >= 15 is 0 Å². The summed E-state index contributed by atoms with van der Waals surface area (Å²) in [6, 6.07) is 10.2. The van der Waals surface area contributed by atoms with E-state index < -0.39 is 0 Å². The first-order valence-electron chi connectivity index (χ1n) is 8.56. The van der Waals surface area contributed by atoms with Gasteiger partial charge in [0.25, 0.3) is 0 Å². The van der Waals surface area contributed by atoms with Gasteiger partial charge in [0.05, 0.1) is 24.9 Å². The third-order valence-electron chi connectivity index (χ3n) is 4.22. The van der Waals surface area contributed by atoms with Crippen LogP contribution in [0.15, 0.2) is 47.1 Å². The predicted molar refractivity (Wildman–Crippen MR) is 105 cm³/mol. The molecule has 1 heterocycles. The quantitative estimate of drug-likeness (QED) is 0.533. The number of carbonyl (C=O) groups excluding carboxylic acids is 1. The number of halogens is 2. The second kappa shape index (κ2) is 8.96. The summed E-state index contributed by atoms with van der Waals surface area (Å²) in [4.78, 5) is 13.8. The molecule has 1 aromatic heterocycles. The fourth-order valence-electron chi connectivity index (χ4n) is 2.81. The van der Waals surface area contributed by atoms with Crippen molar-refractivity contribution >= 4 is 32.9 Å². The van der Waals surface area contributed by atoms with Crippen LogP contribution >= 0.6 is 15.9 Å². The molecule has 0 saturated heterocycles. The lowest BCUT2D eigenvalue weighted by atomic mass is 10.1.